The second-order valence-electron chi connectivity index (χ2n) is 7.46. The first-order valence-corrected chi connectivity index (χ1v) is 11.6. The number of fused-ring (bicyclic) bond motifs is 2. The topological polar surface area (TPSA) is 94.8 Å². The SMILES string of the molecule is CCCOc1ccc(C2c3c(oc4ccccc4c3=O)C(=O)N2c2nncs2)cc1OCC. The van der Waals surface area contributed by atoms with Crippen molar-refractivity contribution in [2.24, 2.45) is 0 Å². The largest absolute Gasteiger partial charge is 0.490 e. The summed E-state index contributed by atoms with van der Waals surface area (Å²) in [6.07, 6.45) is 0.858. The number of ether oxygens (including phenoxy) is 2. The first-order chi connectivity index (χ1) is 16.1. The smallest absolute Gasteiger partial charge is 0.297 e. The van der Waals surface area contributed by atoms with Gasteiger partial charge in [0.1, 0.15) is 11.1 Å². The van der Waals surface area contributed by atoms with Gasteiger partial charge in [-0.3, -0.25) is 14.5 Å². The monoisotopic (exact) mass is 463 g/mol. The minimum Gasteiger partial charge on any atom is -0.490 e. The van der Waals surface area contributed by atoms with Crippen LogP contribution in [-0.2, 0) is 0 Å². The summed E-state index contributed by atoms with van der Waals surface area (Å²) in [7, 11) is 0. The van der Waals surface area contributed by atoms with Crippen molar-refractivity contribution in [2.75, 3.05) is 18.1 Å². The van der Waals surface area contributed by atoms with E-state index in [2.05, 4.69) is 10.2 Å². The molecule has 9 heteroatoms. The summed E-state index contributed by atoms with van der Waals surface area (Å²) in [5, 5.41) is 8.78. The van der Waals surface area contributed by atoms with Crippen molar-refractivity contribution in [2.45, 2.75) is 26.3 Å². The quantitative estimate of drug-likeness (QED) is 0.396. The summed E-state index contributed by atoms with van der Waals surface area (Å²) in [6.45, 7) is 4.91. The molecule has 3 heterocycles. The first-order valence-electron chi connectivity index (χ1n) is 10.7. The lowest BCUT2D eigenvalue weighted by atomic mass is 9.98. The molecular weight excluding hydrogens is 442 g/mol. The van der Waals surface area contributed by atoms with Crippen LogP contribution in [0.25, 0.3) is 11.0 Å². The molecule has 1 aliphatic rings. The van der Waals surface area contributed by atoms with Gasteiger partial charge in [0.05, 0.1) is 30.2 Å². The maximum absolute atomic E-state index is 13.6. The normalized spacial score (nSPS) is 15.2. The van der Waals surface area contributed by atoms with Crippen LogP contribution >= 0.6 is 11.3 Å². The molecule has 1 unspecified atom stereocenters. The lowest BCUT2D eigenvalue weighted by Gasteiger charge is -2.23. The van der Waals surface area contributed by atoms with E-state index in [9.17, 15) is 9.59 Å². The Labute approximate surface area is 193 Å². The molecule has 5 rings (SSSR count). The van der Waals surface area contributed by atoms with E-state index in [4.69, 9.17) is 13.9 Å². The minimum atomic E-state index is -0.735. The number of para-hydroxylation sites is 1. The maximum atomic E-state index is 13.6. The van der Waals surface area contributed by atoms with Crippen molar-refractivity contribution in [1.82, 2.24) is 10.2 Å². The second kappa shape index (κ2) is 8.67. The molecule has 1 atom stereocenters. The van der Waals surface area contributed by atoms with Crippen molar-refractivity contribution >= 4 is 33.3 Å². The zero-order valence-electron chi connectivity index (χ0n) is 18.1. The predicted octanol–water partition coefficient (Wildman–Crippen LogP) is 4.58. The first kappa shape index (κ1) is 21.1. The third kappa shape index (κ3) is 3.54. The zero-order valence-corrected chi connectivity index (χ0v) is 18.9. The number of nitrogens with zero attached hydrogens (tertiary/aromatic N) is 3. The molecule has 0 N–H and O–H groups in total. The van der Waals surface area contributed by atoms with Crippen molar-refractivity contribution in [3.05, 3.63) is 75.1 Å². The number of carbonyl (C=O) groups is 1. The van der Waals surface area contributed by atoms with E-state index >= 15 is 0 Å². The molecule has 0 aliphatic carbocycles. The summed E-state index contributed by atoms with van der Waals surface area (Å²) in [5.74, 6) is 0.744. The van der Waals surface area contributed by atoms with E-state index in [1.165, 1.54) is 16.2 Å². The highest BCUT2D eigenvalue weighted by atomic mass is 32.1. The Morgan fingerprint density at radius 1 is 1.09 bits per heavy atom. The molecule has 2 aromatic heterocycles. The Kier molecular flexibility index (Phi) is 5.55. The average molecular weight is 464 g/mol. The highest BCUT2D eigenvalue weighted by Crippen LogP contribution is 2.43. The fourth-order valence-corrected chi connectivity index (χ4v) is 4.58. The Morgan fingerprint density at radius 2 is 1.94 bits per heavy atom. The number of rotatable bonds is 7. The maximum Gasteiger partial charge on any atom is 0.297 e. The highest BCUT2D eigenvalue weighted by molar-refractivity contribution is 7.13. The van der Waals surface area contributed by atoms with Gasteiger partial charge in [-0.05, 0) is 43.2 Å². The number of aromatic nitrogens is 2. The van der Waals surface area contributed by atoms with Crippen molar-refractivity contribution < 1.29 is 18.7 Å². The van der Waals surface area contributed by atoms with Crippen LogP contribution in [0.1, 0.15) is 48.0 Å². The Hall–Kier alpha value is -3.72. The van der Waals surface area contributed by atoms with Gasteiger partial charge in [0, 0.05) is 0 Å². The Bertz CT molecular complexity index is 1380. The van der Waals surface area contributed by atoms with Gasteiger partial charge in [0.25, 0.3) is 5.91 Å². The van der Waals surface area contributed by atoms with Gasteiger partial charge in [-0.1, -0.05) is 36.5 Å². The van der Waals surface area contributed by atoms with Crippen LogP contribution in [0.4, 0.5) is 5.13 Å². The summed E-state index contributed by atoms with van der Waals surface area (Å²) < 4.78 is 17.6. The number of hydrogen-bond acceptors (Lipinski definition) is 8. The predicted molar refractivity (Wildman–Crippen MR) is 124 cm³/mol. The van der Waals surface area contributed by atoms with Crippen LogP contribution < -0.4 is 19.8 Å². The van der Waals surface area contributed by atoms with E-state index in [1.807, 2.05) is 26.0 Å². The van der Waals surface area contributed by atoms with E-state index in [1.54, 1.807) is 35.8 Å². The van der Waals surface area contributed by atoms with Gasteiger partial charge in [0.15, 0.2) is 16.9 Å². The molecular formula is C24H21N3O5S. The number of anilines is 1. The van der Waals surface area contributed by atoms with E-state index in [-0.39, 0.29) is 16.8 Å². The molecule has 0 spiro atoms. The summed E-state index contributed by atoms with van der Waals surface area (Å²) in [4.78, 5) is 28.5. The van der Waals surface area contributed by atoms with E-state index < -0.39 is 11.9 Å². The highest BCUT2D eigenvalue weighted by Gasteiger charge is 2.45. The van der Waals surface area contributed by atoms with Crippen LogP contribution in [0.5, 0.6) is 11.5 Å². The van der Waals surface area contributed by atoms with Crippen LogP contribution in [0.15, 0.2) is 57.2 Å². The molecule has 0 saturated carbocycles. The van der Waals surface area contributed by atoms with Gasteiger partial charge < -0.3 is 13.9 Å². The molecule has 33 heavy (non-hydrogen) atoms. The number of hydrogen-bond donors (Lipinski definition) is 0. The van der Waals surface area contributed by atoms with Crippen molar-refractivity contribution in [1.29, 1.82) is 0 Å². The van der Waals surface area contributed by atoms with Crippen LogP contribution in [0.3, 0.4) is 0 Å². The summed E-state index contributed by atoms with van der Waals surface area (Å²) in [5.41, 5.74) is 2.62. The molecule has 8 nitrogen and oxygen atoms in total. The Balaban J connectivity index is 1.73. The molecule has 0 radical (unpaired) electrons. The fraction of sp³-hybridized carbons (Fsp3) is 0.250. The average Bonchev–Trinajstić information content (AvgIpc) is 3.45. The number of carbonyl (C=O) groups excluding carboxylic acids is 1. The molecule has 0 saturated heterocycles. The Morgan fingerprint density at radius 3 is 2.70 bits per heavy atom. The molecule has 2 aromatic carbocycles. The lowest BCUT2D eigenvalue weighted by molar-refractivity contribution is 0.0970. The molecule has 0 fully saturated rings. The van der Waals surface area contributed by atoms with Gasteiger partial charge in [-0.15, -0.1) is 10.2 Å². The summed E-state index contributed by atoms with van der Waals surface area (Å²) >= 11 is 1.22. The molecule has 1 amide bonds. The number of benzene rings is 2. The van der Waals surface area contributed by atoms with E-state index in [0.29, 0.717) is 46.4 Å². The lowest BCUT2D eigenvalue weighted by Crippen LogP contribution is -2.29. The van der Waals surface area contributed by atoms with Crippen LogP contribution in [-0.4, -0.2) is 29.3 Å². The van der Waals surface area contributed by atoms with Gasteiger partial charge >= 0.3 is 0 Å². The standard InChI is InChI=1S/C24H21N3O5S/c1-3-11-31-17-10-9-14(12-18(17)30-4-2)20-19-21(28)15-7-5-6-8-16(15)32-22(19)23(29)27(20)24-26-25-13-33-24/h5-10,12-13,20H,3-4,11H2,1-2H3. The van der Waals surface area contributed by atoms with Crippen molar-refractivity contribution in [3.8, 4) is 11.5 Å². The van der Waals surface area contributed by atoms with E-state index in [0.717, 1.165) is 6.42 Å². The van der Waals surface area contributed by atoms with Gasteiger partial charge in [-0.2, -0.15) is 0 Å². The number of amides is 1. The van der Waals surface area contributed by atoms with Crippen molar-refractivity contribution in [3.63, 3.8) is 0 Å². The fourth-order valence-electron chi connectivity index (χ4n) is 4.00. The molecule has 1 aliphatic heterocycles. The summed E-state index contributed by atoms with van der Waals surface area (Å²) in [6, 6.07) is 11.6. The van der Waals surface area contributed by atoms with Gasteiger partial charge in [-0.25, -0.2) is 0 Å². The minimum absolute atomic E-state index is 0.0168. The van der Waals surface area contributed by atoms with Crippen LogP contribution in [0.2, 0.25) is 0 Å². The van der Waals surface area contributed by atoms with Gasteiger partial charge in [0.2, 0.25) is 10.9 Å². The van der Waals surface area contributed by atoms with Crippen LogP contribution in [0, 0.1) is 0 Å². The molecule has 0 bridgehead atoms. The molecule has 4 aromatic rings. The second-order valence-corrected chi connectivity index (χ2v) is 8.27. The zero-order chi connectivity index (χ0) is 22.9. The molecule has 168 valence electrons. The third-order valence-electron chi connectivity index (χ3n) is 5.38. The third-order valence-corrected chi connectivity index (χ3v) is 6.07.